The van der Waals surface area contributed by atoms with Crippen molar-refractivity contribution in [3.05, 3.63) is 34.9 Å². The minimum Gasteiger partial charge on any atom is -0.340 e. The molecule has 2 saturated heterocycles. The lowest BCUT2D eigenvalue weighted by molar-refractivity contribution is -0.139. The van der Waals surface area contributed by atoms with Crippen LogP contribution in [0.4, 0.5) is 0 Å². The number of aryl methyl sites for hydroxylation is 2. The van der Waals surface area contributed by atoms with Crippen molar-refractivity contribution in [3.63, 3.8) is 0 Å². The molecule has 27 heavy (non-hydrogen) atoms. The molecule has 2 amide bonds. The van der Waals surface area contributed by atoms with Crippen LogP contribution in [-0.4, -0.2) is 71.8 Å². The van der Waals surface area contributed by atoms with Crippen LogP contribution in [-0.2, 0) is 4.79 Å². The molecule has 1 unspecified atom stereocenters. The standard InChI is InChI=1S/C22H33N3O2/c1-16(2)23-8-10-24(11-9-23)21(26)19-6-5-7-25(15-19)22(27)20-13-17(3)12-18(4)14-20/h12-14,16,19H,5-11,15H2,1-4H3. The number of piperidine rings is 1. The Labute approximate surface area is 163 Å². The van der Waals surface area contributed by atoms with Gasteiger partial charge in [0.2, 0.25) is 5.91 Å². The van der Waals surface area contributed by atoms with Crippen molar-refractivity contribution in [1.82, 2.24) is 14.7 Å². The van der Waals surface area contributed by atoms with E-state index >= 15 is 0 Å². The molecule has 0 radical (unpaired) electrons. The second-order valence-corrected chi connectivity index (χ2v) is 8.42. The maximum Gasteiger partial charge on any atom is 0.253 e. The number of hydrogen-bond acceptors (Lipinski definition) is 3. The third-order valence-electron chi connectivity index (χ3n) is 5.88. The van der Waals surface area contributed by atoms with Gasteiger partial charge in [-0.25, -0.2) is 0 Å². The van der Waals surface area contributed by atoms with Crippen molar-refractivity contribution in [2.75, 3.05) is 39.3 Å². The summed E-state index contributed by atoms with van der Waals surface area (Å²) in [5.41, 5.74) is 2.95. The highest BCUT2D eigenvalue weighted by molar-refractivity contribution is 5.95. The lowest BCUT2D eigenvalue weighted by Crippen LogP contribution is -2.54. The Morgan fingerprint density at radius 3 is 2.15 bits per heavy atom. The summed E-state index contributed by atoms with van der Waals surface area (Å²) >= 11 is 0. The predicted octanol–water partition coefficient (Wildman–Crippen LogP) is 2.71. The van der Waals surface area contributed by atoms with Crippen molar-refractivity contribution in [3.8, 4) is 0 Å². The summed E-state index contributed by atoms with van der Waals surface area (Å²) in [6.07, 6.45) is 1.79. The summed E-state index contributed by atoms with van der Waals surface area (Å²) < 4.78 is 0. The van der Waals surface area contributed by atoms with Gasteiger partial charge in [-0.3, -0.25) is 14.5 Å². The molecule has 0 saturated carbocycles. The fourth-order valence-corrected chi connectivity index (χ4v) is 4.36. The summed E-state index contributed by atoms with van der Waals surface area (Å²) in [6, 6.07) is 6.51. The molecule has 1 atom stereocenters. The Morgan fingerprint density at radius 2 is 1.56 bits per heavy atom. The topological polar surface area (TPSA) is 43.9 Å². The molecule has 2 heterocycles. The summed E-state index contributed by atoms with van der Waals surface area (Å²) in [5.74, 6) is 0.236. The smallest absolute Gasteiger partial charge is 0.253 e. The maximum absolute atomic E-state index is 13.0. The van der Waals surface area contributed by atoms with Crippen LogP contribution in [0.3, 0.4) is 0 Å². The molecule has 148 valence electrons. The highest BCUT2D eigenvalue weighted by Crippen LogP contribution is 2.22. The molecule has 2 aliphatic heterocycles. The Bertz CT molecular complexity index is 673. The highest BCUT2D eigenvalue weighted by Gasteiger charge is 2.33. The van der Waals surface area contributed by atoms with Gasteiger partial charge in [0.15, 0.2) is 0 Å². The number of hydrogen-bond donors (Lipinski definition) is 0. The van der Waals surface area contributed by atoms with Crippen molar-refractivity contribution in [2.45, 2.75) is 46.6 Å². The SMILES string of the molecule is Cc1cc(C)cc(C(=O)N2CCCC(C(=O)N3CCN(C(C)C)CC3)C2)c1. The van der Waals surface area contributed by atoms with E-state index in [-0.39, 0.29) is 17.7 Å². The number of nitrogens with zero attached hydrogens (tertiary/aromatic N) is 3. The van der Waals surface area contributed by atoms with E-state index < -0.39 is 0 Å². The Balaban J connectivity index is 1.62. The molecular formula is C22H33N3O2. The molecule has 0 aliphatic carbocycles. The molecule has 5 heteroatoms. The van der Waals surface area contributed by atoms with Crippen LogP contribution in [0.2, 0.25) is 0 Å². The van der Waals surface area contributed by atoms with Crippen molar-refractivity contribution >= 4 is 11.8 Å². The van der Waals surface area contributed by atoms with Gasteiger partial charge in [0.25, 0.3) is 5.91 Å². The fraction of sp³-hybridized carbons (Fsp3) is 0.636. The van der Waals surface area contributed by atoms with Crippen molar-refractivity contribution in [1.29, 1.82) is 0 Å². The molecule has 0 N–H and O–H groups in total. The molecule has 0 bridgehead atoms. The molecule has 3 rings (SSSR count). The second-order valence-electron chi connectivity index (χ2n) is 8.42. The van der Waals surface area contributed by atoms with E-state index in [1.54, 1.807) is 0 Å². The first-order valence-electron chi connectivity index (χ1n) is 10.3. The van der Waals surface area contributed by atoms with Gasteiger partial charge < -0.3 is 9.80 Å². The van der Waals surface area contributed by atoms with Crippen LogP contribution >= 0.6 is 0 Å². The lowest BCUT2D eigenvalue weighted by atomic mass is 9.95. The van der Waals surface area contributed by atoms with Crippen LogP contribution in [0.15, 0.2) is 18.2 Å². The van der Waals surface area contributed by atoms with E-state index in [2.05, 4.69) is 24.8 Å². The normalized spacial score (nSPS) is 21.6. The Kier molecular flexibility index (Phi) is 6.20. The fourth-order valence-electron chi connectivity index (χ4n) is 4.36. The molecule has 2 aliphatic rings. The monoisotopic (exact) mass is 371 g/mol. The van der Waals surface area contributed by atoms with Crippen LogP contribution in [0.5, 0.6) is 0 Å². The summed E-state index contributed by atoms with van der Waals surface area (Å²) in [4.78, 5) is 32.3. The molecule has 0 spiro atoms. The first kappa shape index (κ1) is 19.9. The van der Waals surface area contributed by atoms with Crippen LogP contribution < -0.4 is 0 Å². The molecular weight excluding hydrogens is 338 g/mol. The van der Waals surface area contributed by atoms with Gasteiger partial charge in [0, 0.05) is 50.9 Å². The summed E-state index contributed by atoms with van der Waals surface area (Å²) in [5, 5.41) is 0. The van der Waals surface area contributed by atoms with Crippen LogP contribution in [0.1, 0.15) is 48.2 Å². The third-order valence-corrected chi connectivity index (χ3v) is 5.88. The van der Waals surface area contributed by atoms with Gasteiger partial charge in [0.05, 0.1) is 5.92 Å². The van der Waals surface area contributed by atoms with Gasteiger partial charge in [-0.2, -0.15) is 0 Å². The van der Waals surface area contributed by atoms with Crippen LogP contribution in [0.25, 0.3) is 0 Å². The number of piperazine rings is 1. The van der Waals surface area contributed by atoms with E-state index in [4.69, 9.17) is 0 Å². The van der Waals surface area contributed by atoms with E-state index in [1.165, 1.54) is 0 Å². The number of carbonyl (C=O) groups is 2. The van der Waals surface area contributed by atoms with Crippen molar-refractivity contribution in [2.24, 2.45) is 5.92 Å². The van der Waals surface area contributed by atoms with Gasteiger partial charge in [0.1, 0.15) is 0 Å². The largest absolute Gasteiger partial charge is 0.340 e. The zero-order valence-electron chi connectivity index (χ0n) is 17.2. The van der Waals surface area contributed by atoms with E-state index in [1.807, 2.05) is 35.8 Å². The number of amides is 2. The Hall–Kier alpha value is -1.88. The third kappa shape index (κ3) is 4.70. The zero-order valence-corrected chi connectivity index (χ0v) is 17.2. The molecule has 0 aromatic heterocycles. The molecule has 1 aromatic carbocycles. The number of rotatable bonds is 3. The zero-order chi connectivity index (χ0) is 19.6. The summed E-state index contributed by atoms with van der Waals surface area (Å²) in [7, 11) is 0. The average Bonchev–Trinajstić information content (AvgIpc) is 2.66. The minimum absolute atomic E-state index is 0.0563. The molecule has 2 fully saturated rings. The summed E-state index contributed by atoms with van der Waals surface area (Å²) in [6.45, 7) is 13.2. The average molecular weight is 372 g/mol. The van der Waals surface area contributed by atoms with E-state index in [0.29, 0.717) is 12.6 Å². The second kappa shape index (κ2) is 8.42. The van der Waals surface area contributed by atoms with Gasteiger partial charge in [-0.15, -0.1) is 0 Å². The first-order valence-corrected chi connectivity index (χ1v) is 10.3. The minimum atomic E-state index is -0.0563. The van der Waals surface area contributed by atoms with E-state index in [0.717, 1.165) is 62.3 Å². The lowest BCUT2D eigenvalue weighted by Gasteiger charge is -2.40. The highest BCUT2D eigenvalue weighted by atomic mass is 16.2. The number of carbonyl (C=O) groups excluding carboxylic acids is 2. The first-order chi connectivity index (χ1) is 12.8. The Morgan fingerprint density at radius 1 is 0.926 bits per heavy atom. The van der Waals surface area contributed by atoms with Gasteiger partial charge in [-0.05, 0) is 52.7 Å². The van der Waals surface area contributed by atoms with Gasteiger partial charge >= 0.3 is 0 Å². The molecule has 5 nitrogen and oxygen atoms in total. The van der Waals surface area contributed by atoms with Crippen molar-refractivity contribution < 1.29 is 9.59 Å². The number of likely N-dealkylation sites (tertiary alicyclic amines) is 1. The maximum atomic E-state index is 13.0. The molecule has 1 aromatic rings. The predicted molar refractivity (Wildman–Crippen MR) is 108 cm³/mol. The van der Waals surface area contributed by atoms with Gasteiger partial charge in [-0.1, -0.05) is 17.2 Å². The quantitative estimate of drug-likeness (QED) is 0.821. The number of benzene rings is 1. The van der Waals surface area contributed by atoms with E-state index in [9.17, 15) is 9.59 Å². The van der Waals surface area contributed by atoms with Crippen LogP contribution in [0, 0.1) is 19.8 Å².